The lowest BCUT2D eigenvalue weighted by Crippen LogP contribution is -2.46. The van der Waals surface area contributed by atoms with Crippen LogP contribution in [0.15, 0.2) is 53.5 Å². The largest absolute Gasteiger partial charge is 0.508 e. The van der Waals surface area contributed by atoms with Crippen molar-refractivity contribution >= 4 is 5.96 Å². The van der Waals surface area contributed by atoms with Gasteiger partial charge in [-0.05, 0) is 176 Å². The Balaban J connectivity index is 1.14. The number of phenolic OH excluding ortho intramolecular Hbond substituents is 2. The van der Waals surface area contributed by atoms with Crippen LogP contribution >= 0.6 is 0 Å². The molecule has 3 aromatic carbocycles. The first-order valence-electron chi connectivity index (χ1n) is 27.3. The van der Waals surface area contributed by atoms with Gasteiger partial charge in [-0.3, -0.25) is 4.99 Å². The normalized spacial score (nSPS) is 31.5. The second-order valence-electron chi connectivity index (χ2n) is 22.9. The van der Waals surface area contributed by atoms with E-state index in [1.54, 1.807) is 13.2 Å². The molecule has 0 unspecified atom stereocenters. The number of allylic oxidation sites excluding steroid dienone is 2. The van der Waals surface area contributed by atoms with Gasteiger partial charge in [-0.15, -0.1) is 0 Å². The summed E-state index contributed by atoms with van der Waals surface area (Å²) in [6.07, 6.45) is 17.7. The first kappa shape index (κ1) is 50.5. The van der Waals surface area contributed by atoms with Crippen LogP contribution in [0.2, 0.25) is 0 Å². The Bertz CT molecular complexity index is 2360. The Morgan fingerprint density at radius 2 is 1.70 bits per heavy atom. The molecule has 0 amide bonds. The maximum atomic E-state index is 12.4. The highest BCUT2D eigenvalue weighted by molar-refractivity contribution is 5.84. The maximum absolute atomic E-state index is 12.4. The molecule has 3 aromatic rings. The van der Waals surface area contributed by atoms with E-state index in [4.69, 9.17) is 19.9 Å². The SMILES string of the molecule is CCCCC[C@H](C)[C@H]1C[C@H]2C=C[C@@H]1C[C@@H](O)CCCN=C(N)NCC[C@H]1[C@H](CCC[C@]13CC[C@@H](O)C3)Oc1cc(ccc1O)[C@@H]1Oc3cc(OC)c4c(c3C[C@H]1O)[C@H]2Cc1cc(O)c(CC(C)C)cc1-4. The van der Waals surface area contributed by atoms with Gasteiger partial charge >= 0.3 is 0 Å². The fourth-order valence-electron chi connectivity index (χ4n) is 14.3. The van der Waals surface area contributed by atoms with Gasteiger partial charge in [0.15, 0.2) is 17.5 Å². The Hall–Kier alpha value is -4.45. The molecule has 5 aliphatic heterocycles. The third kappa shape index (κ3) is 10.5. The second kappa shape index (κ2) is 21.7. The first-order chi connectivity index (χ1) is 33.7. The number of aliphatic imine (C=N–C) groups is 1. The number of hydrogen-bond donors (Lipinski definition) is 7. The molecular formula is C59H83N3O8. The van der Waals surface area contributed by atoms with Gasteiger partial charge in [0, 0.05) is 42.6 Å². The van der Waals surface area contributed by atoms with Gasteiger partial charge in [0.05, 0.1) is 25.4 Å². The molecule has 2 saturated carbocycles. The molecule has 8 bridgehead atoms. The van der Waals surface area contributed by atoms with Gasteiger partial charge in [-0.2, -0.15) is 0 Å². The molecule has 8 N–H and O–H groups in total. The zero-order valence-corrected chi connectivity index (χ0v) is 42.7. The van der Waals surface area contributed by atoms with Crippen LogP contribution in [0.1, 0.15) is 164 Å². The highest BCUT2D eigenvalue weighted by Crippen LogP contribution is 2.58. The third-order valence-electron chi connectivity index (χ3n) is 17.8. The van der Waals surface area contributed by atoms with Crippen LogP contribution in [0.5, 0.6) is 28.7 Å². The molecule has 0 radical (unpaired) electrons. The summed E-state index contributed by atoms with van der Waals surface area (Å²) in [4.78, 5) is 4.69. The Labute approximate surface area is 417 Å². The van der Waals surface area contributed by atoms with Crippen LogP contribution in [0.4, 0.5) is 0 Å². The number of unbranched alkanes of at least 4 members (excludes halogenated alkanes) is 2. The third-order valence-corrected chi connectivity index (χ3v) is 17.8. The number of nitrogens with two attached hydrogens (primary N) is 1. The molecule has 11 nitrogen and oxygen atoms in total. The number of aliphatic hydroxyl groups is 3. The summed E-state index contributed by atoms with van der Waals surface area (Å²) in [7, 11) is 1.72. The van der Waals surface area contributed by atoms with E-state index in [1.807, 2.05) is 24.3 Å². The van der Waals surface area contributed by atoms with Gasteiger partial charge in [0.25, 0.3) is 0 Å². The lowest BCUT2D eigenvalue weighted by molar-refractivity contribution is -0.0218. The number of hydrogen-bond acceptors (Lipinski definition) is 11. The Morgan fingerprint density at radius 1 is 0.871 bits per heavy atom. The molecular weight excluding hydrogens is 879 g/mol. The topological polar surface area (TPSA) is 179 Å². The quantitative estimate of drug-likeness (QED) is 0.0849. The van der Waals surface area contributed by atoms with E-state index >= 15 is 0 Å². The summed E-state index contributed by atoms with van der Waals surface area (Å²) in [6.45, 7) is 10.1. The number of benzene rings is 3. The van der Waals surface area contributed by atoms with Crippen LogP contribution in [-0.4, -0.2) is 76.1 Å². The minimum absolute atomic E-state index is 0.0124. The zero-order valence-electron chi connectivity index (χ0n) is 42.7. The highest BCUT2D eigenvalue weighted by Gasteiger charge is 2.50. The minimum Gasteiger partial charge on any atom is -0.508 e. The van der Waals surface area contributed by atoms with E-state index in [0.29, 0.717) is 84.6 Å². The lowest BCUT2D eigenvalue weighted by Gasteiger charge is -2.46. The van der Waals surface area contributed by atoms with E-state index < -0.39 is 18.3 Å². The number of nitrogens with one attached hydrogen (secondary N) is 1. The highest BCUT2D eigenvalue weighted by atomic mass is 16.5. The molecule has 0 saturated heterocycles. The summed E-state index contributed by atoms with van der Waals surface area (Å²) in [5.41, 5.74) is 13.4. The van der Waals surface area contributed by atoms with Gasteiger partial charge in [-0.25, -0.2) is 0 Å². The maximum Gasteiger partial charge on any atom is 0.188 e. The fraction of sp³-hybridized carbons (Fsp3) is 0.644. The van der Waals surface area contributed by atoms with Crippen LogP contribution in [0, 0.1) is 40.9 Å². The monoisotopic (exact) mass is 962 g/mol. The van der Waals surface area contributed by atoms with Gasteiger partial charge in [0.2, 0.25) is 0 Å². The minimum atomic E-state index is -0.901. The standard InChI is InChI=1S/C59H83N3O8/c1-6-7-8-11-35(4)43-26-37-15-14-36(43)25-41(63)12-10-22-61-58(60)62-23-19-47-51(13-9-20-59(47)21-18-42(64)33-59)69-53-30-38(16-17-48(53)65)57-50(67)31-46-52(70-57)32-54(68-5)56-45-28-40(24-34(2)3)49(66)29-39(45)27-44(37)55(46)56/h14-17,28-30,32,34-37,41-44,47,50-51,57,63-67H,6-13,18-27,31,33H2,1-5H3,(H3,60,61,62)/t35-,36+,37+,41-,42+,43+,44-,47-,50+,51-,57-,59+/m0/s1. The molecule has 2 fully saturated rings. The molecule has 1 spiro atoms. The summed E-state index contributed by atoms with van der Waals surface area (Å²) in [5, 5.41) is 61.3. The smallest absolute Gasteiger partial charge is 0.188 e. The van der Waals surface area contributed by atoms with E-state index in [0.717, 1.165) is 110 Å². The summed E-state index contributed by atoms with van der Waals surface area (Å²) < 4.78 is 20.3. The Morgan fingerprint density at radius 3 is 2.47 bits per heavy atom. The number of rotatable bonds is 8. The van der Waals surface area contributed by atoms with E-state index in [9.17, 15) is 25.5 Å². The average molecular weight is 962 g/mol. The van der Waals surface area contributed by atoms with Crippen LogP contribution in [0.25, 0.3) is 11.1 Å². The number of nitrogens with zero attached hydrogens (tertiary/aromatic N) is 1. The lowest BCUT2D eigenvalue weighted by atomic mass is 9.62. The summed E-state index contributed by atoms with van der Waals surface area (Å²) in [5.74, 6) is 4.18. The van der Waals surface area contributed by atoms with Crippen molar-refractivity contribution in [1.82, 2.24) is 5.32 Å². The molecule has 382 valence electrons. The van der Waals surface area contributed by atoms with E-state index in [1.165, 1.54) is 19.3 Å². The van der Waals surface area contributed by atoms with Crippen molar-refractivity contribution < 1.29 is 39.7 Å². The first-order valence-corrected chi connectivity index (χ1v) is 27.3. The van der Waals surface area contributed by atoms with Crippen LogP contribution in [0.3, 0.4) is 0 Å². The molecule has 12 atom stereocenters. The Kier molecular flexibility index (Phi) is 15.7. The van der Waals surface area contributed by atoms with Crippen molar-refractivity contribution in [3.8, 4) is 39.9 Å². The van der Waals surface area contributed by atoms with Crippen LogP contribution < -0.4 is 25.3 Å². The zero-order chi connectivity index (χ0) is 49.3. The van der Waals surface area contributed by atoms with E-state index in [-0.39, 0.29) is 47.0 Å². The number of aliphatic hydroxyl groups excluding tert-OH is 3. The van der Waals surface area contributed by atoms with Gasteiger partial charge < -0.3 is 50.8 Å². The van der Waals surface area contributed by atoms with Crippen LogP contribution in [-0.2, 0) is 19.3 Å². The predicted molar refractivity (Wildman–Crippen MR) is 277 cm³/mol. The number of guanidine groups is 1. The number of fused-ring (bicyclic) bond motifs is 2. The van der Waals surface area contributed by atoms with Crippen molar-refractivity contribution in [1.29, 1.82) is 0 Å². The van der Waals surface area contributed by atoms with Gasteiger partial charge in [-0.1, -0.05) is 71.6 Å². The molecule has 4 aliphatic carbocycles. The summed E-state index contributed by atoms with van der Waals surface area (Å²) >= 11 is 0. The van der Waals surface area contributed by atoms with Crippen molar-refractivity contribution in [2.75, 3.05) is 20.2 Å². The average Bonchev–Trinajstić information content (AvgIpc) is 3.70. The molecule has 11 heteroatoms. The molecule has 70 heavy (non-hydrogen) atoms. The fourth-order valence-corrected chi connectivity index (χ4v) is 14.3. The number of ether oxygens (including phenoxy) is 3. The number of methoxy groups -OCH3 is 1. The van der Waals surface area contributed by atoms with Crippen molar-refractivity contribution in [2.24, 2.45) is 51.6 Å². The second-order valence-corrected chi connectivity index (χ2v) is 22.9. The summed E-state index contributed by atoms with van der Waals surface area (Å²) in [6, 6.07) is 11.5. The number of aromatic hydroxyl groups is 2. The molecule has 12 rings (SSSR count). The molecule has 5 heterocycles. The van der Waals surface area contributed by atoms with E-state index in [2.05, 4.69) is 56.2 Å². The number of phenols is 2. The predicted octanol–water partition coefficient (Wildman–Crippen LogP) is 10.6. The molecule has 0 aromatic heterocycles. The van der Waals surface area contributed by atoms with Crippen molar-refractivity contribution in [3.05, 3.63) is 76.4 Å². The molecule has 9 aliphatic rings. The van der Waals surface area contributed by atoms with Crippen molar-refractivity contribution in [2.45, 2.75) is 180 Å². The van der Waals surface area contributed by atoms with Crippen molar-refractivity contribution in [3.63, 3.8) is 0 Å². The van der Waals surface area contributed by atoms with Gasteiger partial charge in [0.1, 0.15) is 29.5 Å².